The minimum atomic E-state index is -3.84. The molecule has 0 aliphatic rings. The number of halogens is 1. The van der Waals surface area contributed by atoms with E-state index >= 15 is 0 Å². The normalized spacial score (nSPS) is 12.3. The van der Waals surface area contributed by atoms with Gasteiger partial charge in [-0.1, -0.05) is 40.3 Å². The number of thiocarbonyl (C=S) groups is 1. The summed E-state index contributed by atoms with van der Waals surface area (Å²) in [5, 5.41) is 2.45. The van der Waals surface area contributed by atoms with Crippen LogP contribution in [0.4, 0.5) is 0 Å². The van der Waals surface area contributed by atoms with Crippen LogP contribution in [-0.4, -0.2) is 42.8 Å². The van der Waals surface area contributed by atoms with Gasteiger partial charge in [-0.05, 0) is 26.0 Å². The fourth-order valence-electron chi connectivity index (χ4n) is 1.83. The molecule has 1 aromatic carbocycles. The van der Waals surface area contributed by atoms with Crippen LogP contribution in [-0.2, 0) is 23.1 Å². The number of carbonyl (C=O) groups is 2. The first kappa shape index (κ1) is 21.9. The Morgan fingerprint density at radius 2 is 1.80 bits per heavy atom. The Kier molecular flexibility index (Phi) is 9.45. The van der Waals surface area contributed by atoms with Crippen molar-refractivity contribution in [1.29, 1.82) is 0 Å². The first-order valence-corrected chi connectivity index (χ1v) is 10.3. The van der Waals surface area contributed by atoms with E-state index in [0.717, 1.165) is 9.96 Å². The fourth-order valence-corrected chi connectivity index (χ4v) is 4.02. The second-order valence-corrected chi connectivity index (χ2v) is 7.86. The Labute approximate surface area is 160 Å². The van der Waals surface area contributed by atoms with Crippen LogP contribution in [0, 0.1) is 0 Å². The monoisotopic (exact) mass is 451 g/mol. The molecule has 0 aliphatic heterocycles. The van der Waals surface area contributed by atoms with Gasteiger partial charge >= 0.3 is 13.6 Å². The number of nitrogens with one attached hydrogen (secondary N) is 1. The largest absolute Gasteiger partial charge is 0.455 e. The van der Waals surface area contributed by atoms with Crippen molar-refractivity contribution in [1.82, 2.24) is 5.32 Å². The molecule has 10 heteroatoms. The van der Waals surface area contributed by atoms with Crippen molar-refractivity contribution in [2.75, 3.05) is 19.8 Å². The molecule has 0 fully saturated rings. The van der Waals surface area contributed by atoms with Crippen LogP contribution in [0.1, 0.15) is 24.2 Å². The molecule has 1 rings (SSSR count). The molecule has 0 amide bonds. The topological polar surface area (TPSA) is 90.9 Å². The lowest BCUT2D eigenvalue weighted by molar-refractivity contribution is -0.142. The zero-order valence-corrected chi connectivity index (χ0v) is 17.1. The first-order chi connectivity index (χ1) is 11.9. The van der Waals surface area contributed by atoms with Crippen molar-refractivity contribution >= 4 is 53.0 Å². The molecule has 0 aliphatic carbocycles. The van der Waals surface area contributed by atoms with Crippen LogP contribution in [0.25, 0.3) is 0 Å². The predicted octanol–water partition coefficient (Wildman–Crippen LogP) is 3.31. The lowest BCUT2D eigenvalue weighted by Crippen LogP contribution is -2.38. The van der Waals surface area contributed by atoms with Crippen molar-refractivity contribution in [3.8, 4) is 0 Å². The number of carbonyl (C=O) groups excluding carboxylic acids is 2. The van der Waals surface area contributed by atoms with E-state index in [9.17, 15) is 14.2 Å². The molecule has 25 heavy (non-hydrogen) atoms. The molecule has 0 saturated heterocycles. The van der Waals surface area contributed by atoms with Gasteiger partial charge in [-0.15, -0.1) is 0 Å². The molecular weight excluding hydrogens is 433 g/mol. The summed E-state index contributed by atoms with van der Waals surface area (Å²) in [6.07, 6.45) is 0. The molecule has 0 bridgehead atoms. The Balaban J connectivity index is 2.81. The van der Waals surface area contributed by atoms with Gasteiger partial charge in [0.25, 0.3) is 0 Å². The van der Waals surface area contributed by atoms with Crippen LogP contribution in [0.5, 0.6) is 0 Å². The summed E-state index contributed by atoms with van der Waals surface area (Å²) in [4.78, 5) is 24.3. The molecule has 1 N–H and O–H groups in total. The van der Waals surface area contributed by atoms with E-state index in [1.807, 2.05) is 0 Å². The molecule has 0 aromatic heterocycles. The predicted molar refractivity (Wildman–Crippen MR) is 101 cm³/mol. The highest BCUT2D eigenvalue weighted by Gasteiger charge is 2.42. The molecule has 0 radical (unpaired) electrons. The van der Waals surface area contributed by atoms with E-state index in [-0.39, 0.29) is 13.2 Å². The van der Waals surface area contributed by atoms with E-state index in [1.54, 1.807) is 38.1 Å². The second kappa shape index (κ2) is 10.8. The summed E-state index contributed by atoms with van der Waals surface area (Å²) in [7, 11) is -3.84. The fraction of sp³-hybridized carbons (Fsp3) is 0.400. The standard InChI is InChI=1S/C15H19BrNO6PS/c1-3-22-24(20,23-4-2)14(17-10-25)15(19)21-9-13(18)11-5-7-12(16)8-6-11/h5-8,10,14H,3-4,9H2,1-2H3,(H,17,25). The Bertz CT molecular complexity index is 644. The third-order valence-corrected chi connectivity index (χ3v) is 5.79. The number of benzene rings is 1. The van der Waals surface area contributed by atoms with Gasteiger partial charge in [-0.2, -0.15) is 0 Å². The van der Waals surface area contributed by atoms with Crippen molar-refractivity contribution in [2.45, 2.75) is 19.6 Å². The van der Waals surface area contributed by atoms with Crippen LogP contribution in [0.15, 0.2) is 28.7 Å². The molecule has 1 unspecified atom stereocenters. The lowest BCUT2D eigenvalue weighted by atomic mass is 10.1. The average molecular weight is 452 g/mol. The Morgan fingerprint density at radius 1 is 1.24 bits per heavy atom. The lowest BCUT2D eigenvalue weighted by Gasteiger charge is -2.24. The van der Waals surface area contributed by atoms with Gasteiger partial charge in [0.2, 0.25) is 5.78 Å². The molecular formula is C15H19BrNO6PS. The molecule has 1 atom stereocenters. The molecule has 0 heterocycles. The Morgan fingerprint density at radius 3 is 2.28 bits per heavy atom. The first-order valence-electron chi connectivity index (χ1n) is 7.41. The van der Waals surface area contributed by atoms with E-state index < -0.39 is 31.7 Å². The molecule has 138 valence electrons. The quantitative estimate of drug-likeness (QED) is 0.237. The maximum absolute atomic E-state index is 12.7. The smallest absolute Gasteiger partial charge is 0.364 e. The van der Waals surface area contributed by atoms with Gasteiger partial charge in [-0.3, -0.25) is 9.36 Å². The highest BCUT2D eigenvalue weighted by atomic mass is 79.9. The number of esters is 1. The van der Waals surface area contributed by atoms with Gasteiger partial charge in [0.05, 0.1) is 18.7 Å². The van der Waals surface area contributed by atoms with E-state index in [2.05, 4.69) is 33.5 Å². The maximum atomic E-state index is 12.7. The van der Waals surface area contributed by atoms with Gasteiger partial charge < -0.3 is 19.1 Å². The highest BCUT2D eigenvalue weighted by molar-refractivity contribution is 9.10. The Hall–Kier alpha value is -1.12. The number of Topliss-reactive ketones (excluding diaryl/α,β-unsaturated/α-hetero) is 1. The van der Waals surface area contributed by atoms with Gasteiger partial charge in [0.1, 0.15) is 0 Å². The van der Waals surface area contributed by atoms with Crippen LogP contribution in [0.2, 0.25) is 0 Å². The summed E-state index contributed by atoms with van der Waals surface area (Å²) in [6, 6.07) is 6.59. The maximum Gasteiger partial charge on any atom is 0.364 e. The number of hydrogen-bond donors (Lipinski definition) is 1. The minimum absolute atomic E-state index is 0.0675. The van der Waals surface area contributed by atoms with Crippen molar-refractivity contribution in [2.24, 2.45) is 0 Å². The highest BCUT2D eigenvalue weighted by Crippen LogP contribution is 2.52. The van der Waals surface area contributed by atoms with Gasteiger partial charge in [-0.25, -0.2) is 4.79 Å². The number of ketones is 1. The molecule has 1 aromatic rings. The summed E-state index contributed by atoms with van der Waals surface area (Å²) in [5.74, 6) is -2.79. The third-order valence-electron chi connectivity index (χ3n) is 2.90. The average Bonchev–Trinajstić information content (AvgIpc) is 2.58. The molecule has 7 nitrogen and oxygen atoms in total. The van der Waals surface area contributed by atoms with Gasteiger partial charge in [0, 0.05) is 10.0 Å². The van der Waals surface area contributed by atoms with Crippen LogP contribution < -0.4 is 5.32 Å². The number of rotatable bonds is 11. The van der Waals surface area contributed by atoms with Crippen molar-refractivity contribution in [3.05, 3.63) is 34.3 Å². The van der Waals surface area contributed by atoms with Crippen molar-refractivity contribution in [3.63, 3.8) is 0 Å². The van der Waals surface area contributed by atoms with Crippen LogP contribution >= 0.6 is 35.7 Å². The zero-order valence-electron chi connectivity index (χ0n) is 13.8. The second-order valence-electron chi connectivity index (χ2n) is 4.60. The molecule has 0 spiro atoms. The SMILES string of the molecule is CCOP(=O)(OCC)C(NC=S)C(=O)OCC(=O)c1ccc(Br)cc1. The molecule has 0 saturated carbocycles. The summed E-state index contributed by atoms with van der Waals surface area (Å²) in [6.45, 7) is 2.86. The van der Waals surface area contributed by atoms with E-state index in [4.69, 9.17) is 13.8 Å². The minimum Gasteiger partial charge on any atom is -0.455 e. The van der Waals surface area contributed by atoms with Crippen LogP contribution in [0.3, 0.4) is 0 Å². The summed E-state index contributed by atoms with van der Waals surface area (Å²) < 4.78 is 28.8. The van der Waals surface area contributed by atoms with E-state index in [1.165, 1.54) is 0 Å². The third kappa shape index (κ3) is 6.60. The number of ether oxygens (including phenoxy) is 1. The van der Waals surface area contributed by atoms with Gasteiger partial charge in [0.15, 0.2) is 12.4 Å². The van der Waals surface area contributed by atoms with Crippen molar-refractivity contribution < 1.29 is 27.9 Å². The van der Waals surface area contributed by atoms with E-state index in [0.29, 0.717) is 5.56 Å². The summed E-state index contributed by atoms with van der Waals surface area (Å²) in [5.41, 5.74) is 1.40. The zero-order chi connectivity index (χ0) is 18.9. The summed E-state index contributed by atoms with van der Waals surface area (Å²) >= 11 is 7.93. The number of hydrogen-bond acceptors (Lipinski definition) is 7.